The van der Waals surface area contributed by atoms with Crippen molar-refractivity contribution in [1.82, 2.24) is 4.31 Å². The van der Waals surface area contributed by atoms with Gasteiger partial charge in [-0.25, -0.2) is 8.42 Å². The van der Waals surface area contributed by atoms with Crippen LogP contribution in [0.2, 0.25) is 0 Å². The van der Waals surface area contributed by atoms with Crippen LogP contribution in [-0.4, -0.2) is 36.1 Å². The van der Waals surface area contributed by atoms with Crippen LogP contribution in [0.1, 0.15) is 40.0 Å². The molecule has 0 aliphatic rings. The van der Waals surface area contributed by atoms with E-state index < -0.39 is 10.0 Å². The first-order valence-electron chi connectivity index (χ1n) is 5.59. The first-order valence-corrected chi connectivity index (χ1v) is 7.60. The van der Waals surface area contributed by atoms with Crippen LogP contribution in [0, 0.1) is 0 Å². The summed E-state index contributed by atoms with van der Waals surface area (Å²) in [6.07, 6.45) is 2.98. The van der Waals surface area contributed by atoms with Gasteiger partial charge < -0.3 is 5.73 Å². The Balaban J connectivity index is 4.57. The number of rotatable bonds is 8. The molecule has 0 aliphatic carbocycles. The van der Waals surface area contributed by atoms with Crippen LogP contribution >= 0.6 is 12.2 Å². The van der Waals surface area contributed by atoms with Crippen molar-refractivity contribution in [3.8, 4) is 0 Å². The summed E-state index contributed by atoms with van der Waals surface area (Å²) in [5, 5.41) is 0. The van der Waals surface area contributed by atoms with Gasteiger partial charge in [-0.1, -0.05) is 32.0 Å². The Labute approximate surface area is 104 Å². The monoisotopic (exact) mass is 266 g/mol. The molecule has 0 radical (unpaired) electrons. The number of hydrogen-bond donors (Lipinski definition) is 1. The number of thiocarbonyl (C=S) groups is 1. The largest absolute Gasteiger partial charge is 0.392 e. The van der Waals surface area contributed by atoms with Gasteiger partial charge in [0.1, 0.15) is 5.75 Å². The molecular weight excluding hydrogens is 244 g/mol. The summed E-state index contributed by atoms with van der Waals surface area (Å²) >= 11 is 4.66. The fraction of sp³-hybridized carbons (Fsp3) is 0.900. The molecule has 0 aliphatic heterocycles. The predicted molar refractivity (Wildman–Crippen MR) is 71.9 cm³/mol. The van der Waals surface area contributed by atoms with Crippen LogP contribution < -0.4 is 5.73 Å². The molecule has 0 aromatic rings. The minimum absolute atomic E-state index is 0.0288. The number of sulfonamides is 1. The summed E-state index contributed by atoms with van der Waals surface area (Å²) in [7, 11) is -3.33. The number of nitrogens with two attached hydrogens (primary N) is 1. The Morgan fingerprint density at radius 3 is 2.31 bits per heavy atom. The molecule has 0 saturated heterocycles. The van der Waals surface area contributed by atoms with Gasteiger partial charge in [0.2, 0.25) is 10.0 Å². The van der Waals surface area contributed by atoms with Gasteiger partial charge in [0.25, 0.3) is 0 Å². The highest BCUT2D eigenvalue weighted by atomic mass is 32.2. The highest BCUT2D eigenvalue weighted by molar-refractivity contribution is 7.92. The Morgan fingerprint density at radius 2 is 1.94 bits per heavy atom. The van der Waals surface area contributed by atoms with Gasteiger partial charge in [0.15, 0.2) is 0 Å². The standard InChI is InChI=1S/C10H22N2O2S2/c1-4-5-6-7-12(9(2)3)16(13,14)8-10(11)15/h9H,4-8H2,1-3H3,(H2,11,15). The van der Waals surface area contributed by atoms with E-state index >= 15 is 0 Å². The second-order valence-electron chi connectivity index (χ2n) is 4.13. The fourth-order valence-electron chi connectivity index (χ4n) is 1.50. The molecule has 0 rings (SSSR count). The molecule has 2 N–H and O–H groups in total. The van der Waals surface area contributed by atoms with Gasteiger partial charge in [-0.15, -0.1) is 0 Å². The molecule has 0 aromatic heterocycles. The van der Waals surface area contributed by atoms with Gasteiger partial charge in [0.05, 0.1) is 4.99 Å². The third-order valence-electron chi connectivity index (χ3n) is 2.24. The van der Waals surface area contributed by atoms with Crippen molar-refractivity contribution in [3.05, 3.63) is 0 Å². The van der Waals surface area contributed by atoms with Crippen LogP contribution in [0.25, 0.3) is 0 Å². The van der Waals surface area contributed by atoms with Gasteiger partial charge in [-0.05, 0) is 20.3 Å². The molecule has 16 heavy (non-hydrogen) atoms. The lowest BCUT2D eigenvalue weighted by atomic mass is 10.2. The molecule has 0 bridgehead atoms. The van der Waals surface area contributed by atoms with E-state index in [1.807, 2.05) is 13.8 Å². The van der Waals surface area contributed by atoms with Crippen molar-refractivity contribution >= 4 is 27.2 Å². The van der Waals surface area contributed by atoms with Crippen LogP contribution in [-0.2, 0) is 10.0 Å². The summed E-state index contributed by atoms with van der Waals surface area (Å²) in [4.78, 5) is 0.0288. The Morgan fingerprint density at radius 1 is 1.38 bits per heavy atom. The lowest BCUT2D eigenvalue weighted by molar-refractivity contribution is 0.347. The van der Waals surface area contributed by atoms with Crippen LogP contribution in [0.3, 0.4) is 0 Å². The average molecular weight is 266 g/mol. The predicted octanol–water partition coefficient (Wildman–Crippen LogP) is 1.50. The van der Waals surface area contributed by atoms with Crippen molar-refractivity contribution in [2.45, 2.75) is 46.1 Å². The quantitative estimate of drug-likeness (QED) is 0.534. The molecule has 6 heteroatoms. The van der Waals surface area contributed by atoms with E-state index in [0.29, 0.717) is 6.54 Å². The van der Waals surface area contributed by atoms with Crippen molar-refractivity contribution < 1.29 is 8.42 Å². The summed E-state index contributed by atoms with van der Waals surface area (Å²) in [6, 6.07) is -0.0452. The third kappa shape index (κ3) is 5.77. The maximum Gasteiger partial charge on any atom is 0.220 e. The zero-order valence-electron chi connectivity index (χ0n) is 10.3. The fourth-order valence-corrected chi connectivity index (χ4v) is 3.52. The molecule has 0 saturated carbocycles. The normalized spacial score (nSPS) is 12.3. The second kappa shape index (κ2) is 7.19. The number of unbranched alkanes of at least 4 members (excludes halogenated alkanes) is 2. The Kier molecular flexibility index (Phi) is 7.10. The lowest BCUT2D eigenvalue weighted by Gasteiger charge is -2.25. The maximum absolute atomic E-state index is 11.9. The van der Waals surface area contributed by atoms with Crippen molar-refractivity contribution in [2.75, 3.05) is 12.3 Å². The molecule has 0 unspecified atom stereocenters. The summed E-state index contributed by atoms with van der Waals surface area (Å²) in [5.74, 6) is -0.230. The average Bonchev–Trinajstić information content (AvgIpc) is 2.08. The van der Waals surface area contributed by atoms with Crippen LogP contribution in [0.5, 0.6) is 0 Å². The molecule has 0 amide bonds. The highest BCUT2D eigenvalue weighted by Gasteiger charge is 2.24. The molecule has 0 atom stereocenters. The zero-order valence-corrected chi connectivity index (χ0v) is 11.9. The van der Waals surface area contributed by atoms with Crippen molar-refractivity contribution in [3.63, 3.8) is 0 Å². The second-order valence-corrected chi connectivity index (χ2v) is 6.58. The van der Waals surface area contributed by atoms with Gasteiger partial charge in [-0.2, -0.15) is 4.31 Å². The SMILES string of the molecule is CCCCCN(C(C)C)S(=O)(=O)CC(N)=S. The zero-order chi connectivity index (χ0) is 12.8. The molecule has 0 spiro atoms. The molecule has 96 valence electrons. The molecular formula is C10H22N2O2S2. The van der Waals surface area contributed by atoms with E-state index in [2.05, 4.69) is 19.1 Å². The lowest BCUT2D eigenvalue weighted by Crippen LogP contribution is -2.41. The van der Waals surface area contributed by atoms with Gasteiger partial charge >= 0.3 is 0 Å². The van der Waals surface area contributed by atoms with E-state index in [0.717, 1.165) is 19.3 Å². The molecule has 0 aromatic carbocycles. The Hall–Kier alpha value is -0.200. The van der Waals surface area contributed by atoms with Crippen molar-refractivity contribution in [2.24, 2.45) is 5.73 Å². The molecule has 0 heterocycles. The van der Waals surface area contributed by atoms with E-state index in [1.54, 1.807) is 0 Å². The minimum atomic E-state index is -3.33. The van der Waals surface area contributed by atoms with E-state index in [9.17, 15) is 8.42 Å². The summed E-state index contributed by atoms with van der Waals surface area (Å²) < 4.78 is 25.4. The smallest absolute Gasteiger partial charge is 0.220 e. The maximum atomic E-state index is 11.9. The number of nitrogens with zero attached hydrogens (tertiary/aromatic N) is 1. The minimum Gasteiger partial charge on any atom is -0.392 e. The first-order chi connectivity index (χ1) is 7.31. The Bertz CT molecular complexity index is 313. The van der Waals surface area contributed by atoms with Crippen molar-refractivity contribution in [1.29, 1.82) is 0 Å². The first kappa shape index (κ1) is 15.8. The van der Waals surface area contributed by atoms with E-state index in [1.165, 1.54) is 4.31 Å². The third-order valence-corrected chi connectivity index (χ3v) is 4.56. The van der Waals surface area contributed by atoms with Crippen LogP contribution in [0.4, 0.5) is 0 Å². The topological polar surface area (TPSA) is 63.4 Å². The van der Waals surface area contributed by atoms with E-state index in [4.69, 9.17) is 5.73 Å². The van der Waals surface area contributed by atoms with Gasteiger partial charge in [-0.3, -0.25) is 0 Å². The van der Waals surface area contributed by atoms with Crippen LogP contribution in [0.15, 0.2) is 0 Å². The molecule has 0 fully saturated rings. The summed E-state index contributed by atoms with van der Waals surface area (Å²) in [5.41, 5.74) is 5.30. The molecule has 4 nitrogen and oxygen atoms in total. The summed E-state index contributed by atoms with van der Waals surface area (Å²) in [6.45, 7) is 6.37. The number of hydrogen-bond acceptors (Lipinski definition) is 3. The van der Waals surface area contributed by atoms with Gasteiger partial charge in [0, 0.05) is 12.6 Å². The highest BCUT2D eigenvalue weighted by Crippen LogP contribution is 2.10. The van der Waals surface area contributed by atoms with E-state index in [-0.39, 0.29) is 16.8 Å².